The molecule has 218 valence electrons. The SMILES string of the molecule is CCOC(=O)c1ccc(NC(=O)N(CCN2CCOCC2)CC(=O)N(Cc2ccc(F)cc2)Cc2ccco2)cc1. The summed E-state index contributed by atoms with van der Waals surface area (Å²) in [6.45, 7) is 5.83. The Labute approximate surface area is 238 Å². The number of amides is 3. The number of urea groups is 1. The third-order valence-electron chi connectivity index (χ3n) is 6.62. The molecule has 0 aliphatic carbocycles. The molecule has 2 heterocycles. The molecule has 1 aromatic heterocycles. The summed E-state index contributed by atoms with van der Waals surface area (Å²) in [5.41, 5.74) is 1.60. The third-order valence-corrected chi connectivity index (χ3v) is 6.62. The number of nitrogens with zero attached hydrogens (tertiary/aromatic N) is 3. The van der Waals surface area contributed by atoms with Gasteiger partial charge in [-0.3, -0.25) is 9.69 Å². The van der Waals surface area contributed by atoms with Gasteiger partial charge in [-0.1, -0.05) is 12.1 Å². The van der Waals surface area contributed by atoms with Crippen LogP contribution in [0, 0.1) is 5.82 Å². The third kappa shape index (κ3) is 9.16. The highest BCUT2D eigenvalue weighted by atomic mass is 19.1. The van der Waals surface area contributed by atoms with Crippen molar-refractivity contribution in [3.05, 3.63) is 89.6 Å². The van der Waals surface area contributed by atoms with Crippen LogP contribution in [0.4, 0.5) is 14.9 Å². The van der Waals surface area contributed by atoms with Crippen molar-refractivity contribution < 1.29 is 32.7 Å². The molecule has 1 aliphatic rings. The van der Waals surface area contributed by atoms with E-state index in [2.05, 4.69) is 10.2 Å². The predicted octanol–water partition coefficient (Wildman–Crippen LogP) is 3.99. The summed E-state index contributed by atoms with van der Waals surface area (Å²) in [4.78, 5) is 44.3. The maximum Gasteiger partial charge on any atom is 0.338 e. The van der Waals surface area contributed by atoms with Crippen molar-refractivity contribution in [2.24, 2.45) is 0 Å². The molecule has 11 heteroatoms. The Morgan fingerprint density at radius 2 is 1.71 bits per heavy atom. The lowest BCUT2D eigenvalue weighted by atomic mass is 10.2. The Morgan fingerprint density at radius 1 is 0.976 bits per heavy atom. The number of furan rings is 1. The van der Waals surface area contributed by atoms with E-state index in [0.717, 1.165) is 18.7 Å². The maximum atomic E-state index is 13.6. The van der Waals surface area contributed by atoms with E-state index in [1.807, 2.05) is 0 Å². The van der Waals surface area contributed by atoms with Crippen LogP contribution in [0.3, 0.4) is 0 Å². The lowest BCUT2D eigenvalue weighted by Gasteiger charge is -2.31. The first-order chi connectivity index (χ1) is 19.9. The number of hydrogen-bond donors (Lipinski definition) is 1. The van der Waals surface area contributed by atoms with E-state index in [9.17, 15) is 18.8 Å². The Bertz CT molecular complexity index is 1260. The normalized spacial score (nSPS) is 13.4. The number of rotatable bonds is 12. The molecule has 3 aromatic rings. The molecule has 0 atom stereocenters. The van der Waals surface area contributed by atoms with Gasteiger partial charge < -0.3 is 29.0 Å². The summed E-state index contributed by atoms with van der Waals surface area (Å²) in [6, 6.07) is 15.4. The van der Waals surface area contributed by atoms with Gasteiger partial charge in [0.2, 0.25) is 5.91 Å². The van der Waals surface area contributed by atoms with E-state index in [1.165, 1.54) is 23.3 Å². The fourth-order valence-corrected chi connectivity index (χ4v) is 4.34. The first kappa shape index (κ1) is 29.8. The van der Waals surface area contributed by atoms with Crippen molar-refractivity contribution in [3.63, 3.8) is 0 Å². The largest absolute Gasteiger partial charge is 0.467 e. The Hall–Kier alpha value is -4.22. The van der Waals surface area contributed by atoms with Crippen molar-refractivity contribution in [3.8, 4) is 0 Å². The van der Waals surface area contributed by atoms with E-state index in [4.69, 9.17) is 13.9 Å². The molecular formula is C30H35FN4O6. The quantitative estimate of drug-likeness (QED) is 0.331. The number of anilines is 1. The zero-order chi connectivity index (χ0) is 29.0. The highest BCUT2D eigenvalue weighted by molar-refractivity contribution is 5.94. The molecule has 0 spiro atoms. The van der Waals surface area contributed by atoms with E-state index >= 15 is 0 Å². The van der Waals surface area contributed by atoms with Gasteiger partial charge in [0, 0.05) is 38.4 Å². The minimum Gasteiger partial charge on any atom is -0.467 e. The number of ether oxygens (including phenoxy) is 2. The summed E-state index contributed by atoms with van der Waals surface area (Å²) >= 11 is 0. The maximum absolute atomic E-state index is 13.6. The number of carbonyl (C=O) groups is 3. The van der Waals surface area contributed by atoms with Crippen LogP contribution >= 0.6 is 0 Å². The standard InChI is InChI=1S/C30H35FN4O6/c1-2-40-29(37)24-7-11-26(12-8-24)32-30(38)34(14-13-33-15-18-39-19-16-33)22-28(36)35(21-27-4-3-17-41-27)20-23-5-9-25(31)10-6-23/h3-12,17H,2,13-16,18-22H2,1H3,(H,32,38). The number of halogens is 1. The average Bonchev–Trinajstić information content (AvgIpc) is 3.50. The van der Waals surface area contributed by atoms with Gasteiger partial charge in [-0.2, -0.15) is 0 Å². The topological polar surface area (TPSA) is 105 Å². The van der Waals surface area contributed by atoms with Gasteiger partial charge in [0.1, 0.15) is 18.1 Å². The number of morpholine rings is 1. The molecule has 1 N–H and O–H groups in total. The molecule has 0 bridgehead atoms. The van der Waals surface area contributed by atoms with Crippen LogP contribution in [0.1, 0.15) is 28.6 Å². The minimum atomic E-state index is -0.449. The summed E-state index contributed by atoms with van der Waals surface area (Å²) in [6.07, 6.45) is 1.53. The van der Waals surface area contributed by atoms with E-state index in [-0.39, 0.29) is 38.0 Å². The number of carbonyl (C=O) groups excluding carboxylic acids is 3. The van der Waals surface area contributed by atoms with Crippen molar-refractivity contribution >= 4 is 23.6 Å². The highest BCUT2D eigenvalue weighted by Crippen LogP contribution is 2.15. The van der Waals surface area contributed by atoms with Crippen LogP contribution in [0.25, 0.3) is 0 Å². The van der Waals surface area contributed by atoms with E-state index < -0.39 is 12.0 Å². The molecule has 0 unspecified atom stereocenters. The molecule has 0 radical (unpaired) electrons. The summed E-state index contributed by atoms with van der Waals surface area (Å²) < 4.78 is 29.4. The molecule has 4 rings (SSSR count). The molecule has 3 amide bonds. The fraction of sp³-hybridized carbons (Fsp3) is 0.367. The molecule has 2 aromatic carbocycles. The van der Waals surface area contributed by atoms with Gasteiger partial charge in [0.05, 0.1) is 38.2 Å². The van der Waals surface area contributed by atoms with Crippen LogP contribution in [0.15, 0.2) is 71.3 Å². The van der Waals surface area contributed by atoms with Crippen LogP contribution in [-0.2, 0) is 27.4 Å². The van der Waals surface area contributed by atoms with Crippen molar-refractivity contribution in [1.82, 2.24) is 14.7 Å². The number of nitrogens with one attached hydrogen (secondary N) is 1. The minimum absolute atomic E-state index is 0.182. The van der Waals surface area contributed by atoms with Gasteiger partial charge in [-0.05, 0) is 61.0 Å². The second-order valence-electron chi connectivity index (χ2n) is 9.56. The fourth-order valence-electron chi connectivity index (χ4n) is 4.34. The molecule has 10 nitrogen and oxygen atoms in total. The smallest absolute Gasteiger partial charge is 0.338 e. The second kappa shape index (κ2) is 15.0. The molecule has 0 saturated carbocycles. The van der Waals surface area contributed by atoms with Crippen molar-refractivity contribution in [2.45, 2.75) is 20.0 Å². The Morgan fingerprint density at radius 3 is 2.37 bits per heavy atom. The average molecular weight is 567 g/mol. The van der Waals surface area contributed by atoms with Gasteiger partial charge in [-0.25, -0.2) is 14.0 Å². The van der Waals surface area contributed by atoms with Crippen molar-refractivity contribution in [2.75, 3.05) is 57.9 Å². The summed E-state index contributed by atoms with van der Waals surface area (Å²) in [7, 11) is 0. The van der Waals surface area contributed by atoms with Gasteiger partial charge in [0.15, 0.2) is 0 Å². The van der Waals surface area contributed by atoms with Crippen LogP contribution in [-0.4, -0.2) is 85.2 Å². The predicted molar refractivity (Wildman–Crippen MR) is 150 cm³/mol. The van der Waals surface area contributed by atoms with E-state index in [1.54, 1.807) is 60.4 Å². The van der Waals surface area contributed by atoms with Gasteiger partial charge >= 0.3 is 12.0 Å². The molecule has 1 saturated heterocycles. The van der Waals surface area contributed by atoms with Crippen molar-refractivity contribution in [1.29, 1.82) is 0 Å². The summed E-state index contributed by atoms with van der Waals surface area (Å²) in [5, 5.41) is 2.83. The second-order valence-corrected chi connectivity index (χ2v) is 9.56. The number of benzene rings is 2. The summed E-state index contributed by atoms with van der Waals surface area (Å²) in [5.74, 6) is -0.508. The molecule has 1 fully saturated rings. The zero-order valence-electron chi connectivity index (χ0n) is 23.1. The zero-order valence-corrected chi connectivity index (χ0v) is 23.1. The van der Waals surface area contributed by atoms with E-state index in [0.29, 0.717) is 43.3 Å². The lowest BCUT2D eigenvalue weighted by molar-refractivity contribution is -0.133. The Balaban J connectivity index is 1.48. The first-order valence-corrected chi connectivity index (χ1v) is 13.6. The molecule has 41 heavy (non-hydrogen) atoms. The van der Waals surface area contributed by atoms with Crippen LogP contribution < -0.4 is 5.32 Å². The van der Waals surface area contributed by atoms with Gasteiger partial charge in [0.25, 0.3) is 0 Å². The van der Waals surface area contributed by atoms with Crippen LogP contribution in [0.2, 0.25) is 0 Å². The molecular weight excluding hydrogens is 531 g/mol. The van der Waals surface area contributed by atoms with Crippen LogP contribution in [0.5, 0.6) is 0 Å². The molecule has 1 aliphatic heterocycles. The lowest BCUT2D eigenvalue weighted by Crippen LogP contribution is -2.48. The monoisotopic (exact) mass is 566 g/mol. The van der Waals surface area contributed by atoms with Gasteiger partial charge in [-0.15, -0.1) is 0 Å². The first-order valence-electron chi connectivity index (χ1n) is 13.6. The number of hydrogen-bond acceptors (Lipinski definition) is 7. The Kier molecular flexibility index (Phi) is 10.9. The highest BCUT2D eigenvalue weighted by Gasteiger charge is 2.24. The number of esters is 1.